The van der Waals surface area contributed by atoms with Crippen LogP contribution in [-0.2, 0) is 22.7 Å². The Morgan fingerprint density at radius 1 is 0.868 bits per heavy atom. The normalized spacial score (nSPS) is 18.0. The molecule has 0 bridgehead atoms. The van der Waals surface area contributed by atoms with E-state index < -0.39 is 0 Å². The van der Waals surface area contributed by atoms with E-state index in [0.29, 0.717) is 71.9 Å². The Balaban J connectivity index is 1.10. The first kappa shape index (κ1) is 36.5. The van der Waals surface area contributed by atoms with Gasteiger partial charge in [0.1, 0.15) is 5.65 Å². The molecule has 0 aliphatic carbocycles. The van der Waals surface area contributed by atoms with Crippen LogP contribution >= 0.6 is 23.2 Å². The third-order valence-electron chi connectivity index (χ3n) is 10.1. The lowest BCUT2D eigenvalue weighted by Gasteiger charge is -2.25. The standard InChI is InChI=1S/C40H41Cl2N7O4/c1-40(2)17-35(51)48-32(40)22-44-19-25-20-45-33-16-23(14-15-49(33)39(25)52)27-6-4-7-28(36(27)41)29-8-5-9-30(37(29)42)31-12-10-24(38(47-31)53-3)18-43-21-26-11-13-34(50)46-26/h4-10,12,14-16,20,26,32,43-44H,11,13,17-19,21-22H2,1-3H3,(H,46,50)(H,48,51)/t26-,32+/m0/s1. The molecular weight excluding hydrogens is 713 g/mol. The van der Waals surface area contributed by atoms with Crippen LogP contribution < -0.4 is 31.6 Å². The van der Waals surface area contributed by atoms with Crippen molar-refractivity contribution in [2.45, 2.75) is 58.3 Å². The third kappa shape index (κ3) is 7.66. The summed E-state index contributed by atoms with van der Waals surface area (Å²) >= 11 is 14.2. The molecule has 2 amide bonds. The molecule has 2 atom stereocenters. The summed E-state index contributed by atoms with van der Waals surface area (Å²) in [6.07, 6.45) is 5.19. The molecule has 2 fully saturated rings. The van der Waals surface area contributed by atoms with Gasteiger partial charge in [-0.2, -0.15) is 0 Å². The fourth-order valence-electron chi connectivity index (χ4n) is 7.10. The van der Waals surface area contributed by atoms with E-state index in [0.717, 1.165) is 39.8 Å². The van der Waals surface area contributed by atoms with E-state index in [-0.39, 0.29) is 34.9 Å². The van der Waals surface area contributed by atoms with Gasteiger partial charge in [0.15, 0.2) is 0 Å². The van der Waals surface area contributed by atoms with Gasteiger partial charge in [-0.15, -0.1) is 0 Å². The minimum absolute atomic E-state index is 0.00818. The number of carbonyl (C=O) groups is 2. The number of nitrogens with one attached hydrogen (secondary N) is 4. The van der Waals surface area contributed by atoms with Crippen LogP contribution in [0.4, 0.5) is 0 Å². The summed E-state index contributed by atoms with van der Waals surface area (Å²) in [7, 11) is 1.59. The first-order valence-electron chi connectivity index (χ1n) is 17.6. The van der Waals surface area contributed by atoms with E-state index >= 15 is 0 Å². The van der Waals surface area contributed by atoms with Gasteiger partial charge in [0.25, 0.3) is 5.56 Å². The van der Waals surface area contributed by atoms with Crippen LogP contribution in [0.15, 0.2) is 77.9 Å². The minimum Gasteiger partial charge on any atom is -0.481 e. The van der Waals surface area contributed by atoms with Gasteiger partial charge in [-0.05, 0) is 35.6 Å². The number of fused-ring (bicyclic) bond motifs is 1. The molecular formula is C40H41Cl2N7O4. The Morgan fingerprint density at radius 3 is 2.26 bits per heavy atom. The van der Waals surface area contributed by atoms with Crippen LogP contribution in [0.3, 0.4) is 0 Å². The summed E-state index contributed by atoms with van der Waals surface area (Å²) in [6.45, 7) is 6.22. The zero-order valence-electron chi connectivity index (χ0n) is 29.8. The highest BCUT2D eigenvalue weighted by Gasteiger charge is 2.38. The number of nitrogens with zero attached hydrogens (tertiary/aromatic N) is 3. The first-order valence-corrected chi connectivity index (χ1v) is 18.4. The van der Waals surface area contributed by atoms with E-state index in [1.165, 1.54) is 4.40 Å². The fourth-order valence-corrected chi connectivity index (χ4v) is 7.76. The molecule has 7 rings (SSSR count). The number of methoxy groups -OCH3 is 1. The number of carbonyl (C=O) groups excluding carboxylic acids is 2. The van der Waals surface area contributed by atoms with Crippen LogP contribution in [0.1, 0.15) is 44.2 Å². The van der Waals surface area contributed by atoms with Crippen molar-refractivity contribution in [1.29, 1.82) is 0 Å². The number of rotatable bonds is 12. The molecule has 2 aromatic carbocycles. The van der Waals surface area contributed by atoms with Crippen molar-refractivity contribution in [1.82, 2.24) is 35.6 Å². The second-order valence-electron chi connectivity index (χ2n) is 14.3. The van der Waals surface area contributed by atoms with Crippen LogP contribution in [0.25, 0.3) is 39.2 Å². The average Bonchev–Trinajstić information content (AvgIpc) is 3.68. The molecule has 4 N–H and O–H groups in total. The summed E-state index contributed by atoms with van der Waals surface area (Å²) in [4.78, 5) is 46.2. The van der Waals surface area contributed by atoms with Gasteiger partial charge in [-0.1, -0.05) is 79.5 Å². The van der Waals surface area contributed by atoms with Crippen molar-refractivity contribution < 1.29 is 14.3 Å². The second kappa shape index (κ2) is 15.3. The van der Waals surface area contributed by atoms with E-state index in [9.17, 15) is 14.4 Å². The smallest absolute Gasteiger partial charge is 0.262 e. The Bertz CT molecular complexity index is 2270. The van der Waals surface area contributed by atoms with Gasteiger partial charge in [0.2, 0.25) is 17.7 Å². The molecule has 5 heterocycles. The summed E-state index contributed by atoms with van der Waals surface area (Å²) in [5, 5.41) is 13.7. The van der Waals surface area contributed by atoms with Gasteiger partial charge in [0.05, 0.1) is 22.8 Å². The molecule has 0 saturated carbocycles. The zero-order valence-corrected chi connectivity index (χ0v) is 31.3. The SMILES string of the molecule is COc1nc(-c2cccc(-c3cccc(-c4ccn5c(=O)c(CNC[C@H]6NC(=O)CC6(C)C)cnc5c4)c3Cl)c2Cl)ccc1CNC[C@@H]1CCC(=O)N1. The van der Waals surface area contributed by atoms with E-state index in [2.05, 4.69) is 40.1 Å². The van der Waals surface area contributed by atoms with Crippen molar-refractivity contribution in [3.63, 3.8) is 0 Å². The van der Waals surface area contributed by atoms with Crippen molar-refractivity contribution >= 4 is 40.7 Å². The van der Waals surface area contributed by atoms with E-state index in [4.69, 9.17) is 32.9 Å². The third-order valence-corrected chi connectivity index (χ3v) is 11.0. The number of hydrogen-bond donors (Lipinski definition) is 4. The lowest BCUT2D eigenvalue weighted by Crippen LogP contribution is -2.42. The highest BCUT2D eigenvalue weighted by Crippen LogP contribution is 2.42. The van der Waals surface area contributed by atoms with Crippen LogP contribution in [0.5, 0.6) is 5.88 Å². The molecule has 0 spiro atoms. The van der Waals surface area contributed by atoms with Crippen LogP contribution in [0.2, 0.25) is 10.0 Å². The summed E-state index contributed by atoms with van der Waals surface area (Å²) < 4.78 is 7.17. The maximum absolute atomic E-state index is 13.4. The maximum atomic E-state index is 13.4. The van der Waals surface area contributed by atoms with Gasteiger partial charge >= 0.3 is 0 Å². The van der Waals surface area contributed by atoms with E-state index in [1.807, 2.05) is 60.7 Å². The summed E-state index contributed by atoms with van der Waals surface area (Å²) in [5.41, 5.74) is 6.03. The largest absolute Gasteiger partial charge is 0.481 e. The minimum atomic E-state index is -0.166. The molecule has 2 saturated heterocycles. The predicted octanol–water partition coefficient (Wildman–Crippen LogP) is 5.78. The molecule has 53 heavy (non-hydrogen) atoms. The van der Waals surface area contributed by atoms with Crippen LogP contribution in [-0.4, -0.2) is 58.5 Å². The first-order chi connectivity index (χ1) is 25.5. The average molecular weight is 755 g/mol. The van der Waals surface area contributed by atoms with E-state index in [1.54, 1.807) is 19.5 Å². The fraction of sp³-hybridized carbons (Fsp3) is 0.325. The molecule has 0 radical (unpaired) electrons. The van der Waals surface area contributed by atoms with Crippen molar-refractivity contribution in [3.05, 3.63) is 105 Å². The number of benzene rings is 2. The topological polar surface area (TPSA) is 139 Å². The molecule has 5 aromatic rings. The number of hydrogen-bond acceptors (Lipinski definition) is 8. The van der Waals surface area contributed by atoms with Gasteiger partial charge in [-0.25, -0.2) is 9.97 Å². The molecule has 3 aromatic heterocycles. The van der Waals surface area contributed by atoms with Crippen molar-refractivity contribution in [2.75, 3.05) is 20.2 Å². The van der Waals surface area contributed by atoms with Gasteiger partial charge in [0, 0.05) is 96.9 Å². The number of aromatic nitrogens is 3. The van der Waals surface area contributed by atoms with Gasteiger partial charge < -0.3 is 26.0 Å². The number of pyridine rings is 2. The number of amides is 2. The molecule has 11 nitrogen and oxygen atoms in total. The molecule has 2 aliphatic rings. The Morgan fingerprint density at radius 2 is 1.57 bits per heavy atom. The van der Waals surface area contributed by atoms with Crippen molar-refractivity contribution in [3.8, 4) is 39.4 Å². The lowest BCUT2D eigenvalue weighted by molar-refractivity contribution is -0.120. The monoisotopic (exact) mass is 753 g/mol. The number of ether oxygens (including phenoxy) is 1. The molecule has 2 aliphatic heterocycles. The second-order valence-corrected chi connectivity index (χ2v) is 15.0. The Labute approximate surface area is 317 Å². The highest BCUT2D eigenvalue weighted by molar-refractivity contribution is 6.39. The summed E-state index contributed by atoms with van der Waals surface area (Å²) in [6, 6.07) is 19.2. The molecule has 13 heteroatoms. The molecule has 0 unspecified atom stereocenters. The quantitative estimate of drug-likeness (QED) is 0.126. The predicted molar refractivity (Wildman–Crippen MR) is 207 cm³/mol. The zero-order chi connectivity index (χ0) is 37.3. The summed E-state index contributed by atoms with van der Waals surface area (Å²) in [5.74, 6) is 0.627. The van der Waals surface area contributed by atoms with Crippen molar-refractivity contribution in [2.24, 2.45) is 5.41 Å². The van der Waals surface area contributed by atoms with Crippen LogP contribution in [0, 0.1) is 5.41 Å². The number of halogens is 2. The lowest BCUT2D eigenvalue weighted by atomic mass is 9.85. The molecule has 274 valence electrons. The Kier molecular flexibility index (Phi) is 10.5. The Hall–Kier alpha value is -4.81. The highest BCUT2D eigenvalue weighted by atomic mass is 35.5. The maximum Gasteiger partial charge on any atom is 0.262 e. The van der Waals surface area contributed by atoms with Gasteiger partial charge in [-0.3, -0.25) is 18.8 Å².